The first kappa shape index (κ1) is 15.8. The van der Waals surface area contributed by atoms with Crippen LogP contribution in [0.25, 0.3) is 0 Å². The Balaban J connectivity index is 1.92. The van der Waals surface area contributed by atoms with Gasteiger partial charge in [0.15, 0.2) is 12.2 Å². The van der Waals surface area contributed by atoms with Crippen molar-refractivity contribution in [2.24, 2.45) is 0 Å². The second-order valence-corrected chi connectivity index (χ2v) is 4.82. The molecule has 0 fully saturated rings. The summed E-state index contributed by atoms with van der Waals surface area (Å²) in [5.41, 5.74) is 0.563. The van der Waals surface area contributed by atoms with E-state index in [1.807, 2.05) is 0 Å². The van der Waals surface area contributed by atoms with Gasteiger partial charge in [-0.2, -0.15) is 0 Å². The second-order valence-electron chi connectivity index (χ2n) is 4.82. The van der Waals surface area contributed by atoms with E-state index < -0.39 is 24.1 Å². The molecule has 0 radical (unpaired) electrons. The highest BCUT2D eigenvalue weighted by Crippen LogP contribution is 2.29. The molecule has 1 aromatic rings. The van der Waals surface area contributed by atoms with E-state index in [1.165, 1.54) is 6.92 Å². The minimum Gasteiger partial charge on any atom is -0.478 e. The molecule has 0 spiro atoms. The summed E-state index contributed by atoms with van der Waals surface area (Å²) in [7, 11) is 0. The molecule has 2 atom stereocenters. The van der Waals surface area contributed by atoms with Gasteiger partial charge in [-0.1, -0.05) is 12.1 Å². The number of likely N-dealkylation sites (N-methyl/N-ethyl adjacent to an activating group) is 1. The van der Waals surface area contributed by atoms with Crippen LogP contribution >= 0.6 is 0 Å². The van der Waals surface area contributed by atoms with Crippen molar-refractivity contribution in [1.29, 1.82) is 0 Å². The molecule has 2 N–H and O–H groups in total. The molecule has 7 nitrogen and oxygen atoms in total. The third-order valence-electron chi connectivity index (χ3n) is 3.09. The highest BCUT2D eigenvalue weighted by molar-refractivity contribution is 5.99. The maximum absolute atomic E-state index is 11.9. The number of carbonyl (C=O) groups excluding carboxylic acids is 3. The fraction of sp³-hybridized carbons (Fsp3) is 0.400. The maximum Gasteiger partial charge on any atom is 0.310 e. The molecule has 2 rings (SSSR count). The Morgan fingerprint density at radius 3 is 2.86 bits per heavy atom. The lowest BCUT2D eigenvalue weighted by Gasteiger charge is -2.25. The zero-order valence-corrected chi connectivity index (χ0v) is 12.4. The van der Waals surface area contributed by atoms with Gasteiger partial charge in [0, 0.05) is 6.54 Å². The summed E-state index contributed by atoms with van der Waals surface area (Å²) in [5.74, 6) is -0.966. The zero-order chi connectivity index (χ0) is 16.1. The predicted octanol–water partition coefficient (Wildman–Crippen LogP) is 0.844. The number of nitrogens with one attached hydrogen (secondary N) is 2. The SMILES string of the molecule is CCNC(=O)[C@@H](C)OC(=O)C[C@@H]1Oc2ccccc2NC1=O. The molecular weight excluding hydrogens is 288 g/mol. The lowest BCUT2D eigenvalue weighted by molar-refractivity contribution is -0.157. The Hall–Kier alpha value is -2.57. The standard InChI is InChI=1S/C15H18N2O5/c1-3-16-14(19)9(2)21-13(18)8-12-15(20)17-10-6-4-5-7-11(10)22-12/h4-7,9,12H,3,8H2,1-2H3,(H,16,19)(H,17,20)/t9-,12+/m1/s1. The molecule has 1 aliphatic heterocycles. The molecule has 2 amide bonds. The van der Waals surface area contributed by atoms with Crippen LogP contribution in [-0.4, -0.2) is 36.5 Å². The van der Waals surface area contributed by atoms with Gasteiger partial charge >= 0.3 is 5.97 Å². The first-order valence-electron chi connectivity index (χ1n) is 7.05. The zero-order valence-electron chi connectivity index (χ0n) is 12.4. The number of para-hydroxylation sites is 2. The van der Waals surface area contributed by atoms with Crippen molar-refractivity contribution in [3.05, 3.63) is 24.3 Å². The van der Waals surface area contributed by atoms with Crippen LogP contribution in [0.3, 0.4) is 0 Å². The number of hydrogen-bond donors (Lipinski definition) is 2. The molecule has 0 aliphatic carbocycles. The molecule has 1 aliphatic rings. The highest BCUT2D eigenvalue weighted by atomic mass is 16.6. The molecule has 22 heavy (non-hydrogen) atoms. The van der Waals surface area contributed by atoms with Gasteiger partial charge in [0.25, 0.3) is 11.8 Å². The van der Waals surface area contributed by atoms with Crippen molar-refractivity contribution in [3.63, 3.8) is 0 Å². The van der Waals surface area contributed by atoms with Gasteiger partial charge in [-0.05, 0) is 26.0 Å². The smallest absolute Gasteiger partial charge is 0.310 e. The summed E-state index contributed by atoms with van der Waals surface area (Å²) in [6.07, 6.45) is -2.14. The van der Waals surface area contributed by atoms with Crippen LogP contribution in [0.1, 0.15) is 20.3 Å². The number of hydrogen-bond acceptors (Lipinski definition) is 5. The Morgan fingerprint density at radius 2 is 2.14 bits per heavy atom. The number of benzene rings is 1. The van der Waals surface area contributed by atoms with Crippen LogP contribution in [-0.2, 0) is 19.1 Å². The number of fused-ring (bicyclic) bond motifs is 1. The largest absolute Gasteiger partial charge is 0.478 e. The quantitative estimate of drug-likeness (QED) is 0.786. The summed E-state index contributed by atoms with van der Waals surface area (Å²) in [6.45, 7) is 3.69. The van der Waals surface area contributed by atoms with Crippen molar-refractivity contribution in [3.8, 4) is 5.75 Å². The minimum absolute atomic E-state index is 0.260. The number of rotatable bonds is 5. The third kappa shape index (κ3) is 3.75. The van der Waals surface area contributed by atoms with Gasteiger partial charge in [0.2, 0.25) is 0 Å². The van der Waals surface area contributed by atoms with Crippen molar-refractivity contribution in [2.45, 2.75) is 32.5 Å². The first-order chi connectivity index (χ1) is 10.5. The fourth-order valence-electron chi connectivity index (χ4n) is 2.00. The average molecular weight is 306 g/mol. The van der Waals surface area contributed by atoms with E-state index in [4.69, 9.17) is 9.47 Å². The maximum atomic E-state index is 11.9. The Morgan fingerprint density at radius 1 is 1.41 bits per heavy atom. The van der Waals surface area contributed by atoms with Crippen LogP contribution in [0, 0.1) is 0 Å². The van der Waals surface area contributed by atoms with Crippen molar-refractivity contribution >= 4 is 23.5 Å². The van der Waals surface area contributed by atoms with E-state index in [0.717, 1.165) is 0 Å². The molecule has 1 heterocycles. The number of carbonyl (C=O) groups is 3. The minimum atomic E-state index is -0.969. The molecule has 118 valence electrons. The van der Waals surface area contributed by atoms with Crippen LogP contribution < -0.4 is 15.4 Å². The second kappa shape index (κ2) is 6.93. The molecule has 0 aromatic heterocycles. The van der Waals surface area contributed by atoms with Gasteiger partial charge in [-0.25, -0.2) is 0 Å². The van der Waals surface area contributed by atoms with E-state index in [0.29, 0.717) is 18.0 Å². The summed E-state index contributed by atoms with van der Waals surface area (Å²) >= 11 is 0. The molecule has 1 aromatic carbocycles. The third-order valence-corrected chi connectivity index (χ3v) is 3.09. The van der Waals surface area contributed by atoms with Crippen LogP contribution in [0.2, 0.25) is 0 Å². The Kier molecular flexibility index (Phi) is 4.98. The van der Waals surface area contributed by atoms with Crippen molar-refractivity contribution < 1.29 is 23.9 Å². The molecule has 0 bridgehead atoms. The monoisotopic (exact) mass is 306 g/mol. The molecule has 0 saturated heterocycles. The van der Waals surface area contributed by atoms with E-state index in [1.54, 1.807) is 31.2 Å². The highest BCUT2D eigenvalue weighted by Gasteiger charge is 2.31. The molecule has 7 heteroatoms. The fourth-order valence-corrected chi connectivity index (χ4v) is 2.00. The van der Waals surface area contributed by atoms with Gasteiger partial charge < -0.3 is 20.1 Å². The van der Waals surface area contributed by atoms with E-state index in [2.05, 4.69) is 10.6 Å². The topological polar surface area (TPSA) is 93.7 Å². The summed E-state index contributed by atoms with van der Waals surface area (Å²) in [4.78, 5) is 35.2. The average Bonchev–Trinajstić information content (AvgIpc) is 2.48. The number of esters is 1. The van der Waals surface area contributed by atoms with Crippen LogP contribution in [0.15, 0.2) is 24.3 Å². The lowest BCUT2D eigenvalue weighted by Crippen LogP contribution is -2.40. The molecule has 0 saturated carbocycles. The summed E-state index contributed by atoms with van der Waals surface area (Å²) in [5, 5.41) is 5.21. The number of anilines is 1. The Bertz CT molecular complexity index is 587. The van der Waals surface area contributed by atoms with Crippen molar-refractivity contribution in [2.75, 3.05) is 11.9 Å². The summed E-state index contributed by atoms with van der Waals surface area (Å²) in [6, 6.07) is 6.94. The predicted molar refractivity (Wildman–Crippen MR) is 78.3 cm³/mol. The summed E-state index contributed by atoms with van der Waals surface area (Å²) < 4.78 is 10.5. The van der Waals surface area contributed by atoms with Gasteiger partial charge in [0.05, 0.1) is 12.1 Å². The Labute approximate surface area is 128 Å². The van der Waals surface area contributed by atoms with Gasteiger partial charge in [0.1, 0.15) is 5.75 Å². The molecular formula is C15H18N2O5. The van der Waals surface area contributed by atoms with E-state index in [-0.39, 0.29) is 12.3 Å². The van der Waals surface area contributed by atoms with Crippen LogP contribution in [0.4, 0.5) is 5.69 Å². The van der Waals surface area contributed by atoms with Gasteiger partial charge in [-0.15, -0.1) is 0 Å². The van der Waals surface area contributed by atoms with Crippen LogP contribution in [0.5, 0.6) is 5.75 Å². The van der Waals surface area contributed by atoms with Gasteiger partial charge in [-0.3, -0.25) is 14.4 Å². The van der Waals surface area contributed by atoms with Crippen molar-refractivity contribution in [1.82, 2.24) is 5.32 Å². The number of ether oxygens (including phenoxy) is 2. The lowest BCUT2D eigenvalue weighted by atomic mass is 10.1. The van der Waals surface area contributed by atoms with E-state index in [9.17, 15) is 14.4 Å². The molecule has 0 unspecified atom stereocenters. The normalized spacial score (nSPS) is 17.5. The van der Waals surface area contributed by atoms with E-state index >= 15 is 0 Å². The number of amides is 2. The first-order valence-corrected chi connectivity index (χ1v) is 7.05.